The Morgan fingerprint density at radius 3 is 2.42 bits per heavy atom. The van der Waals surface area contributed by atoms with Gasteiger partial charge in [0.25, 0.3) is 0 Å². The van der Waals surface area contributed by atoms with Crippen LogP contribution in [0.25, 0.3) is 5.57 Å². The lowest BCUT2D eigenvalue weighted by atomic mass is 9.60. The van der Waals surface area contributed by atoms with Crippen molar-refractivity contribution in [1.82, 2.24) is 4.90 Å². The van der Waals surface area contributed by atoms with Gasteiger partial charge in [-0.25, -0.2) is 0 Å². The number of hydrogen-bond donors (Lipinski definition) is 1. The second kappa shape index (κ2) is 20.0. The maximum atomic E-state index is 6.99. The van der Waals surface area contributed by atoms with Gasteiger partial charge in [0, 0.05) is 18.8 Å². The third-order valence-electron chi connectivity index (χ3n) is 16.8. The molecule has 11 unspecified atom stereocenters. The maximum absolute atomic E-state index is 6.99. The Bertz CT molecular complexity index is 1860. The molecule has 2 heteroatoms. The van der Waals surface area contributed by atoms with Gasteiger partial charge in [0.1, 0.15) is 0 Å². The Kier molecular flexibility index (Phi) is 14.4. The average molecular weight is 791 g/mol. The first-order valence-electron chi connectivity index (χ1n) is 24.5. The first kappa shape index (κ1) is 42.3. The van der Waals surface area contributed by atoms with Crippen molar-refractivity contribution >= 4 is 5.57 Å². The standard InChI is InChI=1S/C57H78N2/c1-40-17-15-23-44(31-29-40)42(3)33-52(37-58)48-32-30-41(2)43(4)53-25-13-14-27-55(53)56(39-59(38-48)57-28-16-24-47-22-11-12-26-54(47)57)51-35-49(45-18-7-5-8-19-45)34-50(36-51)46-20-9-6-10-21-46/h5,7-9,12,15-16,18-21,23,26,28-29,31,35,41-43,47-48,50-53,55-56H,6,10-11,13-14,17,22,24-25,27,30,32-34,36-39,58H2,1-4H3. The van der Waals surface area contributed by atoms with Gasteiger partial charge in [0.05, 0.1) is 0 Å². The SMILES string of the molecule is CC1=CC=C(C(C)CC(CN)C2CCC(C)C(C)C3CCCCC3C(C3C=C(c4ccccc4)CC(C4=CCCC=C4)C3)CN(C3=C4C=CCCC4CC=C3)C2)C=CC1. The summed E-state index contributed by atoms with van der Waals surface area (Å²) in [5, 5.41) is 0. The highest BCUT2D eigenvalue weighted by molar-refractivity contribution is 5.67. The summed E-state index contributed by atoms with van der Waals surface area (Å²) in [6, 6.07) is 11.5. The van der Waals surface area contributed by atoms with Crippen LogP contribution in [0.5, 0.6) is 0 Å². The van der Waals surface area contributed by atoms with Gasteiger partial charge in [-0.15, -0.1) is 0 Å². The highest BCUT2D eigenvalue weighted by Crippen LogP contribution is 2.51. The van der Waals surface area contributed by atoms with Gasteiger partial charge >= 0.3 is 0 Å². The zero-order valence-corrected chi connectivity index (χ0v) is 37.4. The van der Waals surface area contributed by atoms with Gasteiger partial charge in [-0.2, -0.15) is 0 Å². The molecule has 1 aliphatic heterocycles. The van der Waals surface area contributed by atoms with E-state index in [4.69, 9.17) is 5.73 Å². The summed E-state index contributed by atoms with van der Waals surface area (Å²) in [7, 11) is 0. The monoisotopic (exact) mass is 791 g/mol. The van der Waals surface area contributed by atoms with Crippen molar-refractivity contribution in [2.24, 2.45) is 70.8 Å². The average Bonchev–Trinajstić information content (AvgIpc) is 3.52. The fourth-order valence-electron chi connectivity index (χ4n) is 13.0. The summed E-state index contributed by atoms with van der Waals surface area (Å²) in [5.41, 5.74) is 17.7. The predicted octanol–water partition coefficient (Wildman–Crippen LogP) is 14.4. The van der Waals surface area contributed by atoms with Crippen molar-refractivity contribution in [3.63, 3.8) is 0 Å². The molecule has 2 fully saturated rings. The molecule has 0 radical (unpaired) electrons. The largest absolute Gasteiger partial charge is 0.371 e. The highest BCUT2D eigenvalue weighted by atomic mass is 15.1. The Morgan fingerprint density at radius 1 is 0.780 bits per heavy atom. The summed E-state index contributed by atoms with van der Waals surface area (Å²) in [6.45, 7) is 13.1. The van der Waals surface area contributed by atoms with E-state index in [0.29, 0.717) is 41.4 Å². The van der Waals surface area contributed by atoms with E-state index in [9.17, 15) is 0 Å². The van der Waals surface area contributed by atoms with Crippen molar-refractivity contribution in [2.45, 2.75) is 124 Å². The Hall–Kier alpha value is -3.36. The molecular formula is C57H78N2. The van der Waals surface area contributed by atoms with Crippen molar-refractivity contribution in [2.75, 3.05) is 19.6 Å². The molecule has 0 spiro atoms. The highest BCUT2D eigenvalue weighted by Gasteiger charge is 2.43. The van der Waals surface area contributed by atoms with E-state index in [1.54, 1.807) is 22.4 Å². The molecule has 1 saturated carbocycles. The van der Waals surface area contributed by atoms with Crippen LogP contribution in [0.15, 0.2) is 131 Å². The molecule has 1 heterocycles. The van der Waals surface area contributed by atoms with Crippen molar-refractivity contribution in [1.29, 1.82) is 0 Å². The second-order valence-electron chi connectivity index (χ2n) is 20.5. The lowest BCUT2D eigenvalue weighted by Crippen LogP contribution is -2.44. The number of rotatable bonds is 9. The summed E-state index contributed by atoms with van der Waals surface area (Å²) >= 11 is 0. The van der Waals surface area contributed by atoms with Gasteiger partial charge in [-0.1, -0.05) is 143 Å². The normalized spacial score (nSPS) is 34.0. The molecule has 6 aliphatic carbocycles. The molecule has 8 rings (SSSR count). The molecule has 0 bridgehead atoms. The molecule has 1 aromatic carbocycles. The van der Waals surface area contributed by atoms with Gasteiger partial charge in [-0.3, -0.25) is 0 Å². The molecule has 11 atom stereocenters. The minimum atomic E-state index is 0.489. The Labute approximate surface area is 360 Å². The lowest BCUT2D eigenvalue weighted by molar-refractivity contribution is 0.0501. The minimum Gasteiger partial charge on any atom is -0.371 e. The van der Waals surface area contributed by atoms with Crippen molar-refractivity contribution in [3.05, 3.63) is 137 Å². The fourth-order valence-corrected chi connectivity index (χ4v) is 13.0. The molecule has 1 aromatic rings. The Balaban J connectivity index is 1.22. The van der Waals surface area contributed by atoms with E-state index < -0.39 is 0 Å². The van der Waals surface area contributed by atoms with E-state index >= 15 is 0 Å². The number of allylic oxidation sites excluding steroid dienone is 17. The zero-order chi connectivity index (χ0) is 40.7. The van der Waals surface area contributed by atoms with Crippen LogP contribution in [0.2, 0.25) is 0 Å². The van der Waals surface area contributed by atoms with Crippen LogP contribution in [0.3, 0.4) is 0 Å². The van der Waals surface area contributed by atoms with Crippen molar-refractivity contribution < 1.29 is 0 Å². The summed E-state index contributed by atoms with van der Waals surface area (Å²) < 4.78 is 0. The maximum Gasteiger partial charge on any atom is 0.0398 e. The van der Waals surface area contributed by atoms with Crippen LogP contribution in [0, 0.1) is 65.1 Å². The third-order valence-corrected chi connectivity index (χ3v) is 16.8. The van der Waals surface area contributed by atoms with E-state index in [1.807, 2.05) is 0 Å². The number of hydrogen-bond acceptors (Lipinski definition) is 2. The van der Waals surface area contributed by atoms with Crippen LogP contribution in [0.4, 0.5) is 0 Å². The lowest BCUT2D eigenvalue weighted by Gasteiger charge is -2.48. The Morgan fingerprint density at radius 2 is 1.61 bits per heavy atom. The summed E-state index contributed by atoms with van der Waals surface area (Å²) in [5.74, 6) is 6.97. The zero-order valence-electron chi connectivity index (χ0n) is 37.4. The molecule has 7 aliphatic rings. The van der Waals surface area contributed by atoms with E-state index in [2.05, 4.69) is 136 Å². The molecule has 2 N–H and O–H groups in total. The minimum absolute atomic E-state index is 0.489. The quantitative estimate of drug-likeness (QED) is 0.270. The van der Waals surface area contributed by atoms with E-state index in [0.717, 1.165) is 56.1 Å². The summed E-state index contributed by atoms with van der Waals surface area (Å²) in [4.78, 5) is 3.01. The van der Waals surface area contributed by atoms with E-state index in [1.165, 1.54) is 100 Å². The van der Waals surface area contributed by atoms with Gasteiger partial charge < -0.3 is 10.6 Å². The topological polar surface area (TPSA) is 29.3 Å². The third kappa shape index (κ3) is 10.1. The molecule has 0 amide bonds. The number of benzene rings is 1. The van der Waals surface area contributed by atoms with Crippen molar-refractivity contribution in [3.8, 4) is 0 Å². The van der Waals surface area contributed by atoms with Crippen LogP contribution >= 0.6 is 0 Å². The number of fused-ring (bicyclic) bond motifs is 2. The first-order valence-corrected chi connectivity index (χ1v) is 24.5. The predicted molar refractivity (Wildman–Crippen MR) is 253 cm³/mol. The van der Waals surface area contributed by atoms with Crippen LogP contribution < -0.4 is 5.73 Å². The molecular weight excluding hydrogens is 713 g/mol. The second-order valence-corrected chi connectivity index (χ2v) is 20.5. The van der Waals surface area contributed by atoms with Gasteiger partial charge in [0.15, 0.2) is 0 Å². The van der Waals surface area contributed by atoms with Gasteiger partial charge in [-0.05, 0) is 190 Å². The molecule has 1 saturated heterocycles. The summed E-state index contributed by atoms with van der Waals surface area (Å²) in [6.07, 6.45) is 49.0. The van der Waals surface area contributed by atoms with Crippen LogP contribution in [-0.4, -0.2) is 24.5 Å². The van der Waals surface area contributed by atoms with Gasteiger partial charge in [0.2, 0.25) is 0 Å². The molecule has 2 nitrogen and oxygen atoms in total. The molecule has 59 heavy (non-hydrogen) atoms. The van der Waals surface area contributed by atoms with Crippen LogP contribution in [-0.2, 0) is 0 Å². The fraction of sp³-hybridized carbons (Fsp3) is 0.579. The van der Waals surface area contributed by atoms with E-state index in [-0.39, 0.29) is 0 Å². The molecule has 0 aromatic heterocycles. The smallest absolute Gasteiger partial charge is 0.0398 e. The first-order chi connectivity index (χ1) is 28.9. The van der Waals surface area contributed by atoms with Crippen LogP contribution in [0.1, 0.15) is 130 Å². The number of nitrogens with zero attached hydrogens (tertiary/aromatic N) is 1. The number of nitrogens with two attached hydrogens (primary N) is 1. The molecule has 316 valence electrons.